The number of hydrogen-bond acceptors (Lipinski definition) is 6. The van der Waals surface area contributed by atoms with Crippen molar-refractivity contribution in [3.63, 3.8) is 0 Å². The fraction of sp³-hybridized carbons (Fsp3) is 0.280. The van der Waals surface area contributed by atoms with Gasteiger partial charge in [-0.15, -0.1) is 0 Å². The molecule has 8 heteroatoms. The number of fused-ring (bicyclic) bond motifs is 1. The number of benzene rings is 3. The summed E-state index contributed by atoms with van der Waals surface area (Å²) in [5, 5.41) is 14.1. The highest BCUT2D eigenvalue weighted by Crippen LogP contribution is 2.41. The minimum atomic E-state index is -0.891. The summed E-state index contributed by atoms with van der Waals surface area (Å²) >= 11 is 3.88. The van der Waals surface area contributed by atoms with Crippen molar-refractivity contribution in [2.75, 3.05) is 17.7 Å². The molecule has 0 fully saturated rings. The summed E-state index contributed by atoms with van der Waals surface area (Å²) < 4.78 is 25.0. The van der Waals surface area contributed by atoms with Crippen molar-refractivity contribution >= 4 is 41.2 Å². The van der Waals surface area contributed by atoms with E-state index in [1.54, 1.807) is 6.07 Å². The highest BCUT2D eigenvalue weighted by atomic mass is 32.1. The summed E-state index contributed by atoms with van der Waals surface area (Å²) in [6.07, 6.45) is -1.27. The normalized spacial score (nSPS) is 12.2. The number of phenols is 1. The molecule has 0 unspecified atom stereocenters. The number of carbonyl (C=O) groups is 2. The molecule has 1 atom stereocenters. The lowest BCUT2D eigenvalue weighted by molar-refractivity contribution is -0.141. The van der Waals surface area contributed by atoms with Crippen LogP contribution in [0.25, 0.3) is 10.8 Å². The quantitative estimate of drug-likeness (QED) is 0.283. The Kier molecular flexibility index (Phi) is 7.81. The van der Waals surface area contributed by atoms with Crippen molar-refractivity contribution in [3.05, 3.63) is 72.0 Å². The van der Waals surface area contributed by atoms with Gasteiger partial charge in [0, 0.05) is 10.8 Å². The van der Waals surface area contributed by atoms with Gasteiger partial charge < -0.3 is 14.6 Å². The molecule has 2 N–H and O–H groups in total. The average molecular weight is 472 g/mol. The van der Waals surface area contributed by atoms with Crippen LogP contribution < -0.4 is 5.32 Å². The molecule has 0 saturated heterocycles. The van der Waals surface area contributed by atoms with E-state index in [1.165, 1.54) is 12.1 Å². The Balaban J connectivity index is 1.84. The van der Waals surface area contributed by atoms with Crippen molar-refractivity contribution in [2.24, 2.45) is 5.41 Å². The number of thiol groups is 1. The monoisotopic (exact) mass is 471 g/mol. The van der Waals surface area contributed by atoms with E-state index in [1.807, 2.05) is 50.2 Å². The van der Waals surface area contributed by atoms with Gasteiger partial charge in [0.1, 0.15) is 6.10 Å². The molecule has 174 valence electrons. The Morgan fingerprint density at radius 2 is 1.85 bits per heavy atom. The fourth-order valence-corrected chi connectivity index (χ4v) is 3.64. The molecule has 0 bridgehead atoms. The van der Waals surface area contributed by atoms with Crippen LogP contribution in [0.3, 0.4) is 0 Å². The van der Waals surface area contributed by atoms with E-state index in [0.717, 1.165) is 16.8 Å². The van der Waals surface area contributed by atoms with E-state index in [-0.39, 0.29) is 12.4 Å². The van der Waals surface area contributed by atoms with Crippen molar-refractivity contribution in [3.8, 4) is 5.75 Å². The molecule has 0 aliphatic heterocycles. The number of carbonyl (C=O) groups excluding carboxylic acids is 2. The van der Waals surface area contributed by atoms with Crippen LogP contribution in [-0.2, 0) is 14.3 Å². The Bertz CT molecular complexity index is 1150. The standard InChI is InChI=1S/C25H26FNO5S/c1-25(2,12-13-31-22(29)15-33)23(17-10-11-21(28)19(26)14-17)32-24(30)27-20-9-5-7-16-6-3-4-8-18(16)20/h3-11,14,23,28,33H,12-13,15H2,1-2H3,(H,27,30)/t23-/m1/s1. The number of aromatic hydroxyl groups is 1. The third-order valence-corrected chi connectivity index (χ3v) is 5.63. The zero-order chi connectivity index (χ0) is 24.0. The maximum absolute atomic E-state index is 14.1. The van der Waals surface area contributed by atoms with Gasteiger partial charge in [-0.3, -0.25) is 10.1 Å². The zero-order valence-electron chi connectivity index (χ0n) is 18.4. The second kappa shape index (κ2) is 10.6. The average Bonchev–Trinajstić information content (AvgIpc) is 2.79. The number of hydrogen-bond donors (Lipinski definition) is 3. The molecule has 0 aliphatic rings. The predicted octanol–water partition coefficient (Wildman–Crippen LogP) is 5.86. The van der Waals surface area contributed by atoms with Crippen LogP contribution in [0.1, 0.15) is 31.9 Å². The number of esters is 1. The van der Waals surface area contributed by atoms with Gasteiger partial charge in [0.15, 0.2) is 11.6 Å². The van der Waals surface area contributed by atoms with Crippen LogP contribution in [0.15, 0.2) is 60.7 Å². The zero-order valence-corrected chi connectivity index (χ0v) is 19.3. The molecule has 1 amide bonds. The SMILES string of the molecule is CC(C)(CCOC(=O)CS)[C@H](OC(=O)Nc1cccc2ccccc12)c1ccc(O)c(F)c1. The van der Waals surface area contributed by atoms with E-state index >= 15 is 0 Å². The molecule has 3 aromatic rings. The maximum atomic E-state index is 14.1. The van der Waals surface area contributed by atoms with E-state index in [9.17, 15) is 19.1 Å². The molecular weight excluding hydrogens is 445 g/mol. The molecule has 6 nitrogen and oxygen atoms in total. The van der Waals surface area contributed by atoms with Gasteiger partial charge in [0.2, 0.25) is 0 Å². The van der Waals surface area contributed by atoms with Crippen molar-refractivity contribution in [1.29, 1.82) is 0 Å². The molecule has 3 aromatic carbocycles. The number of ether oxygens (including phenoxy) is 2. The van der Waals surface area contributed by atoms with Crippen molar-refractivity contribution in [2.45, 2.75) is 26.4 Å². The van der Waals surface area contributed by atoms with Crippen LogP contribution in [0.5, 0.6) is 5.75 Å². The summed E-state index contributed by atoms with van der Waals surface area (Å²) in [6.45, 7) is 3.72. The summed E-state index contributed by atoms with van der Waals surface area (Å²) in [6, 6.07) is 17.0. The lowest BCUT2D eigenvalue weighted by atomic mass is 9.80. The first-order valence-electron chi connectivity index (χ1n) is 10.4. The van der Waals surface area contributed by atoms with Crippen LogP contribution in [0, 0.1) is 11.2 Å². The summed E-state index contributed by atoms with van der Waals surface area (Å²) in [7, 11) is 0. The Morgan fingerprint density at radius 1 is 1.12 bits per heavy atom. The molecule has 0 heterocycles. The van der Waals surface area contributed by atoms with E-state index < -0.39 is 35.1 Å². The van der Waals surface area contributed by atoms with Crippen LogP contribution in [-0.4, -0.2) is 29.5 Å². The van der Waals surface area contributed by atoms with E-state index in [2.05, 4.69) is 17.9 Å². The lowest BCUT2D eigenvalue weighted by Crippen LogP contribution is -2.30. The van der Waals surface area contributed by atoms with Gasteiger partial charge in [0.25, 0.3) is 0 Å². The van der Waals surface area contributed by atoms with E-state index in [0.29, 0.717) is 17.7 Å². The molecule has 33 heavy (non-hydrogen) atoms. The van der Waals surface area contributed by atoms with Gasteiger partial charge in [-0.25, -0.2) is 9.18 Å². The topological polar surface area (TPSA) is 84.9 Å². The van der Waals surface area contributed by atoms with Gasteiger partial charge in [-0.05, 0) is 35.6 Å². The largest absolute Gasteiger partial charge is 0.505 e. The first kappa shape index (κ1) is 24.4. The smallest absolute Gasteiger partial charge is 0.412 e. The molecule has 0 aliphatic carbocycles. The van der Waals surface area contributed by atoms with Crippen molar-refractivity contribution in [1.82, 2.24) is 0 Å². The molecular formula is C25H26FNO5S. The van der Waals surface area contributed by atoms with Gasteiger partial charge in [-0.2, -0.15) is 12.6 Å². The van der Waals surface area contributed by atoms with Crippen molar-refractivity contribution < 1.29 is 28.6 Å². The first-order chi connectivity index (χ1) is 15.7. The molecule has 0 saturated carbocycles. The second-order valence-corrected chi connectivity index (χ2v) is 8.58. The summed E-state index contributed by atoms with van der Waals surface area (Å²) in [5.74, 6) is -1.83. The molecule has 3 rings (SSSR count). The van der Waals surface area contributed by atoms with E-state index in [4.69, 9.17) is 9.47 Å². The summed E-state index contributed by atoms with van der Waals surface area (Å²) in [5.41, 5.74) is 0.203. The second-order valence-electron chi connectivity index (χ2n) is 8.27. The van der Waals surface area contributed by atoms with Gasteiger partial charge >= 0.3 is 12.1 Å². The fourth-order valence-electron chi connectivity index (χ4n) is 3.55. The summed E-state index contributed by atoms with van der Waals surface area (Å²) in [4.78, 5) is 24.3. The molecule has 0 aromatic heterocycles. The predicted molar refractivity (Wildman–Crippen MR) is 128 cm³/mol. The van der Waals surface area contributed by atoms with Crippen LogP contribution in [0.2, 0.25) is 0 Å². The number of nitrogens with one attached hydrogen (secondary N) is 1. The van der Waals surface area contributed by atoms with Crippen LogP contribution in [0.4, 0.5) is 14.9 Å². The van der Waals surface area contributed by atoms with Gasteiger partial charge in [-0.1, -0.05) is 56.3 Å². The Hall–Kier alpha value is -3.26. The number of halogens is 1. The minimum Gasteiger partial charge on any atom is -0.505 e. The third-order valence-electron chi connectivity index (χ3n) is 5.37. The number of anilines is 1. The molecule has 0 spiro atoms. The Labute approximate surface area is 197 Å². The van der Waals surface area contributed by atoms with Gasteiger partial charge in [0.05, 0.1) is 18.0 Å². The highest BCUT2D eigenvalue weighted by Gasteiger charge is 2.35. The third kappa shape index (κ3) is 6.16. The van der Waals surface area contributed by atoms with Crippen LogP contribution >= 0.6 is 12.6 Å². The number of amides is 1. The number of rotatable bonds is 8. The molecule has 0 radical (unpaired) electrons. The highest BCUT2D eigenvalue weighted by molar-refractivity contribution is 7.81. The lowest BCUT2D eigenvalue weighted by Gasteiger charge is -2.34. The minimum absolute atomic E-state index is 0.0447. The Morgan fingerprint density at radius 3 is 2.58 bits per heavy atom. The number of phenolic OH excluding ortho intramolecular Hbond substituents is 1. The maximum Gasteiger partial charge on any atom is 0.412 e. The first-order valence-corrected chi connectivity index (χ1v) is 11.0.